The maximum atomic E-state index is 10.8. The maximum absolute atomic E-state index is 10.8. The summed E-state index contributed by atoms with van der Waals surface area (Å²) in [5, 5.41) is 14.2. The number of benzene rings is 1. The standard InChI is InChI=1S/C13H17ClN2O3/c14-12-4-3-10(8-13(12)16(17)18)9-15-6-5-11-2-1-7-19-11/h3-4,8,11,15H,1-2,5-7,9H2. The summed E-state index contributed by atoms with van der Waals surface area (Å²) in [5.41, 5.74) is 0.823. The largest absolute Gasteiger partial charge is 0.378 e. The van der Waals surface area contributed by atoms with Crippen LogP contribution in [0.25, 0.3) is 0 Å². The van der Waals surface area contributed by atoms with E-state index in [1.165, 1.54) is 6.07 Å². The fourth-order valence-corrected chi connectivity index (χ4v) is 2.36. The second-order valence-corrected chi connectivity index (χ2v) is 5.05. The van der Waals surface area contributed by atoms with Crippen LogP contribution in [0.4, 0.5) is 5.69 Å². The normalized spacial score (nSPS) is 18.7. The molecule has 2 rings (SSSR count). The van der Waals surface area contributed by atoms with E-state index in [1.54, 1.807) is 12.1 Å². The van der Waals surface area contributed by atoms with Crippen molar-refractivity contribution < 1.29 is 9.66 Å². The molecule has 6 heteroatoms. The molecule has 1 N–H and O–H groups in total. The Morgan fingerprint density at radius 3 is 3.05 bits per heavy atom. The van der Waals surface area contributed by atoms with Crippen molar-refractivity contribution in [3.8, 4) is 0 Å². The van der Waals surface area contributed by atoms with E-state index in [0.717, 1.165) is 38.0 Å². The molecule has 1 unspecified atom stereocenters. The van der Waals surface area contributed by atoms with Crippen molar-refractivity contribution in [2.75, 3.05) is 13.2 Å². The Hall–Kier alpha value is -1.17. The number of halogens is 1. The summed E-state index contributed by atoms with van der Waals surface area (Å²) in [6.07, 6.45) is 3.63. The number of rotatable bonds is 6. The van der Waals surface area contributed by atoms with E-state index in [-0.39, 0.29) is 10.7 Å². The van der Waals surface area contributed by atoms with Crippen LogP contribution in [-0.4, -0.2) is 24.2 Å². The van der Waals surface area contributed by atoms with Crippen molar-refractivity contribution in [2.24, 2.45) is 0 Å². The van der Waals surface area contributed by atoms with E-state index in [0.29, 0.717) is 12.6 Å². The van der Waals surface area contributed by atoms with Crippen molar-refractivity contribution >= 4 is 17.3 Å². The Balaban J connectivity index is 1.79. The highest BCUT2D eigenvalue weighted by atomic mass is 35.5. The Morgan fingerprint density at radius 2 is 2.37 bits per heavy atom. The lowest BCUT2D eigenvalue weighted by molar-refractivity contribution is -0.384. The highest BCUT2D eigenvalue weighted by Crippen LogP contribution is 2.25. The first kappa shape index (κ1) is 14.2. The van der Waals surface area contributed by atoms with Gasteiger partial charge in [-0.3, -0.25) is 10.1 Å². The maximum Gasteiger partial charge on any atom is 0.288 e. The minimum Gasteiger partial charge on any atom is -0.378 e. The SMILES string of the molecule is O=[N+]([O-])c1cc(CNCCC2CCCO2)ccc1Cl. The summed E-state index contributed by atoms with van der Waals surface area (Å²) >= 11 is 5.76. The van der Waals surface area contributed by atoms with Crippen LogP contribution in [0.2, 0.25) is 5.02 Å². The molecular weight excluding hydrogens is 268 g/mol. The Morgan fingerprint density at radius 1 is 1.53 bits per heavy atom. The fourth-order valence-electron chi connectivity index (χ4n) is 2.18. The quantitative estimate of drug-likeness (QED) is 0.495. The van der Waals surface area contributed by atoms with Crippen molar-refractivity contribution in [3.05, 3.63) is 38.9 Å². The molecule has 0 spiro atoms. The summed E-state index contributed by atoms with van der Waals surface area (Å²) in [6.45, 7) is 2.32. The number of nitrogens with one attached hydrogen (secondary N) is 1. The molecule has 0 amide bonds. The predicted molar refractivity (Wildman–Crippen MR) is 73.4 cm³/mol. The summed E-state index contributed by atoms with van der Waals surface area (Å²) in [5.74, 6) is 0. The van der Waals surface area contributed by atoms with Gasteiger partial charge in [0.25, 0.3) is 5.69 Å². The number of hydrogen-bond acceptors (Lipinski definition) is 4. The molecule has 1 saturated heterocycles. The van der Waals surface area contributed by atoms with E-state index >= 15 is 0 Å². The summed E-state index contributed by atoms with van der Waals surface area (Å²) in [7, 11) is 0. The Bertz CT molecular complexity index is 448. The minimum atomic E-state index is -0.460. The minimum absolute atomic E-state index is 0.0416. The lowest BCUT2D eigenvalue weighted by Gasteiger charge is -2.10. The van der Waals surface area contributed by atoms with Crippen LogP contribution >= 0.6 is 11.6 Å². The van der Waals surface area contributed by atoms with Gasteiger partial charge >= 0.3 is 0 Å². The van der Waals surface area contributed by atoms with Crippen LogP contribution in [0.3, 0.4) is 0 Å². The van der Waals surface area contributed by atoms with E-state index in [2.05, 4.69) is 5.32 Å². The van der Waals surface area contributed by atoms with Crippen LogP contribution in [0.15, 0.2) is 18.2 Å². The molecule has 1 heterocycles. The topological polar surface area (TPSA) is 64.4 Å². The molecule has 104 valence electrons. The molecule has 19 heavy (non-hydrogen) atoms. The monoisotopic (exact) mass is 284 g/mol. The van der Waals surface area contributed by atoms with Crippen molar-refractivity contribution in [1.29, 1.82) is 0 Å². The van der Waals surface area contributed by atoms with Crippen LogP contribution < -0.4 is 5.32 Å². The van der Waals surface area contributed by atoms with Gasteiger partial charge in [-0.25, -0.2) is 0 Å². The van der Waals surface area contributed by atoms with Gasteiger partial charge in [0.2, 0.25) is 0 Å². The highest BCUT2D eigenvalue weighted by molar-refractivity contribution is 6.32. The van der Waals surface area contributed by atoms with Crippen molar-refractivity contribution in [1.82, 2.24) is 5.32 Å². The van der Waals surface area contributed by atoms with E-state index < -0.39 is 4.92 Å². The average molecular weight is 285 g/mol. The molecule has 0 radical (unpaired) electrons. The van der Waals surface area contributed by atoms with Crippen molar-refractivity contribution in [2.45, 2.75) is 31.9 Å². The van der Waals surface area contributed by atoms with Crippen molar-refractivity contribution in [3.63, 3.8) is 0 Å². The van der Waals surface area contributed by atoms with Crippen LogP contribution in [0, 0.1) is 10.1 Å². The molecule has 1 fully saturated rings. The molecule has 1 aromatic carbocycles. The summed E-state index contributed by atoms with van der Waals surface area (Å²) < 4.78 is 5.52. The predicted octanol–water partition coefficient (Wildman–Crippen LogP) is 2.91. The van der Waals surface area contributed by atoms with Gasteiger partial charge in [-0.2, -0.15) is 0 Å². The van der Waals surface area contributed by atoms with Gasteiger partial charge in [-0.1, -0.05) is 17.7 Å². The van der Waals surface area contributed by atoms with Crippen LogP contribution in [0.5, 0.6) is 0 Å². The van der Waals surface area contributed by atoms with Gasteiger partial charge < -0.3 is 10.1 Å². The second-order valence-electron chi connectivity index (χ2n) is 4.64. The lowest BCUT2D eigenvalue weighted by Crippen LogP contribution is -2.19. The van der Waals surface area contributed by atoms with Gasteiger partial charge in [-0.05, 0) is 37.4 Å². The number of nitrogens with zero attached hydrogens (tertiary/aromatic N) is 1. The summed E-state index contributed by atoms with van der Waals surface area (Å²) in [4.78, 5) is 10.3. The third kappa shape index (κ3) is 4.16. The first-order valence-electron chi connectivity index (χ1n) is 6.42. The molecule has 0 aliphatic carbocycles. The Labute approximate surface area is 117 Å². The van der Waals surface area contributed by atoms with E-state index in [4.69, 9.17) is 16.3 Å². The lowest BCUT2D eigenvalue weighted by atomic mass is 10.1. The molecule has 0 bridgehead atoms. The molecule has 0 aromatic heterocycles. The van der Waals surface area contributed by atoms with Crippen LogP contribution in [0.1, 0.15) is 24.8 Å². The molecular formula is C13H17ClN2O3. The zero-order valence-corrected chi connectivity index (χ0v) is 11.4. The van der Waals surface area contributed by atoms with Gasteiger partial charge in [0.1, 0.15) is 5.02 Å². The number of nitro benzene ring substituents is 1. The first-order valence-corrected chi connectivity index (χ1v) is 6.80. The molecule has 1 aliphatic rings. The third-order valence-electron chi connectivity index (χ3n) is 3.20. The zero-order valence-electron chi connectivity index (χ0n) is 10.6. The highest BCUT2D eigenvalue weighted by Gasteiger charge is 2.15. The molecule has 0 saturated carbocycles. The number of hydrogen-bond donors (Lipinski definition) is 1. The number of nitro groups is 1. The molecule has 1 aliphatic heterocycles. The van der Waals surface area contributed by atoms with E-state index in [1.807, 2.05) is 0 Å². The second kappa shape index (κ2) is 6.84. The molecule has 5 nitrogen and oxygen atoms in total. The smallest absolute Gasteiger partial charge is 0.288 e. The van der Waals surface area contributed by atoms with Crippen LogP contribution in [-0.2, 0) is 11.3 Å². The molecule has 1 aromatic rings. The summed E-state index contributed by atoms with van der Waals surface area (Å²) in [6, 6.07) is 4.88. The van der Waals surface area contributed by atoms with Gasteiger partial charge in [0, 0.05) is 19.2 Å². The first-order chi connectivity index (χ1) is 9.16. The Kier molecular flexibility index (Phi) is 5.13. The van der Waals surface area contributed by atoms with E-state index in [9.17, 15) is 10.1 Å². The zero-order chi connectivity index (χ0) is 13.7. The average Bonchev–Trinajstić information content (AvgIpc) is 2.89. The number of ether oxygens (including phenoxy) is 1. The van der Waals surface area contributed by atoms with Gasteiger partial charge in [0.05, 0.1) is 11.0 Å². The van der Waals surface area contributed by atoms with Gasteiger partial charge in [-0.15, -0.1) is 0 Å². The fraction of sp³-hybridized carbons (Fsp3) is 0.538. The molecule has 1 atom stereocenters. The third-order valence-corrected chi connectivity index (χ3v) is 3.52. The van der Waals surface area contributed by atoms with Gasteiger partial charge in [0.15, 0.2) is 0 Å².